The second-order valence-corrected chi connectivity index (χ2v) is 3.77. The van der Waals surface area contributed by atoms with Gasteiger partial charge in [-0.2, -0.15) is 0 Å². The first-order valence-corrected chi connectivity index (χ1v) is 4.57. The van der Waals surface area contributed by atoms with E-state index in [9.17, 15) is 4.79 Å². The lowest BCUT2D eigenvalue weighted by Gasteiger charge is -2.24. The first-order chi connectivity index (χ1) is 6.16. The molecule has 3 nitrogen and oxygen atoms in total. The molecular weight excluding hydrogens is 164 g/mol. The Morgan fingerprint density at radius 1 is 1.54 bits per heavy atom. The molecule has 2 heterocycles. The number of pyridine rings is 1. The predicted octanol–water partition coefficient (Wildman–Crippen LogP) is 0.671. The second kappa shape index (κ2) is 3.00. The van der Waals surface area contributed by atoms with E-state index in [1.165, 1.54) is 5.56 Å². The molecule has 1 aliphatic rings. The maximum absolute atomic E-state index is 11.5. The van der Waals surface area contributed by atoms with E-state index in [2.05, 4.69) is 16.0 Å². The Balaban J connectivity index is 2.53. The Morgan fingerprint density at radius 3 is 3.08 bits per heavy atom. The van der Waals surface area contributed by atoms with E-state index in [0.717, 1.165) is 30.8 Å². The van der Waals surface area contributed by atoms with Crippen LogP contribution in [0.3, 0.4) is 0 Å². The highest BCUT2D eigenvalue weighted by atomic mass is 16.1. The molecule has 3 heteroatoms. The summed E-state index contributed by atoms with van der Waals surface area (Å²) in [5, 5.41) is 0. The number of aromatic amines is 1. The van der Waals surface area contributed by atoms with Crippen molar-refractivity contribution in [1.29, 1.82) is 0 Å². The van der Waals surface area contributed by atoms with Crippen molar-refractivity contribution in [2.24, 2.45) is 0 Å². The first-order valence-electron chi connectivity index (χ1n) is 4.57. The van der Waals surface area contributed by atoms with Gasteiger partial charge in [-0.05, 0) is 32.0 Å². The fourth-order valence-electron chi connectivity index (χ4n) is 1.84. The molecule has 0 unspecified atom stereocenters. The summed E-state index contributed by atoms with van der Waals surface area (Å²) in [6.07, 6.45) is 0.997. The van der Waals surface area contributed by atoms with Gasteiger partial charge in [0, 0.05) is 24.3 Å². The minimum Gasteiger partial charge on any atom is -0.326 e. The topological polar surface area (TPSA) is 36.1 Å². The summed E-state index contributed by atoms with van der Waals surface area (Å²) in [7, 11) is 2.04. The number of H-pyrrole nitrogens is 1. The number of nitrogens with one attached hydrogen (secondary N) is 1. The molecule has 0 radical (unpaired) electrons. The van der Waals surface area contributed by atoms with Crippen LogP contribution in [0.25, 0.3) is 0 Å². The van der Waals surface area contributed by atoms with Gasteiger partial charge in [-0.25, -0.2) is 0 Å². The minimum absolute atomic E-state index is 0.0848. The van der Waals surface area contributed by atoms with Crippen molar-refractivity contribution < 1.29 is 0 Å². The maximum atomic E-state index is 11.5. The van der Waals surface area contributed by atoms with Crippen molar-refractivity contribution in [1.82, 2.24) is 9.88 Å². The Bertz CT molecular complexity index is 381. The summed E-state index contributed by atoms with van der Waals surface area (Å²) in [4.78, 5) is 16.6. The second-order valence-electron chi connectivity index (χ2n) is 3.77. The summed E-state index contributed by atoms with van der Waals surface area (Å²) in [5.41, 5.74) is 3.22. The largest absolute Gasteiger partial charge is 0.326 e. The lowest BCUT2D eigenvalue weighted by Crippen LogP contribution is -2.32. The van der Waals surface area contributed by atoms with Crippen molar-refractivity contribution in [3.05, 3.63) is 33.2 Å². The monoisotopic (exact) mass is 178 g/mol. The van der Waals surface area contributed by atoms with Gasteiger partial charge in [0.2, 0.25) is 0 Å². The van der Waals surface area contributed by atoms with Crippen LogP contribution < -0.4 is 5.56 Å². The van der Waals surface area contributed by atoms with Crippen LogP contribution in [0.5, 0.6) is 0 Å². The van der Waals surface area contributed by atoms with Crippen molar-refractivity contribution in [2.75, 3.05) is 13.6 Å². The third-order valence-electron chi connectivity index (χ3n) is 2.55. The van der Waals surface area contributed by atoms with E-state index < -0.39 is 0 Å². The number of rotatable bonds is 0. The number of aromatic nitrogens is 1. The van der Waals surface area contributed by atoms with E-state index in [1.807, 2.05) is 14.0 Å². The molecule has 1 N–H and O–H groups in total. The van der Waals surface area contributed by atoms with E-state index in [4.69, 9.17) is 0 Å². The lowest BCUT2D eigenvalue weighted by molar-refractivity contribution is 0.310. The Labute approximate surface area is 77.4 Å². The zero-order valence-electron chi connectivity index (χ0n) is 8.05. The predicted molar refractivity (Wildman–Crippen MR) is 51.8 cm³/mol. The number of nitrogens with zero attached hydrogens (tertiary/aromatic N) is 1. The summed E-state index contributed by atoms with van der Waals surface area (Å²) in [6.45, 7) is 3.76. The number of fused-ring (bicyclic) bond motifs is 1. The molecule has 0 saturated carbocycles. The number of hydrogen-bond donors (Lipinski definition) is 1. The lowest BCUT2D eigenvalue weighted by atomic mass is 10.0. The van der Waals surface area contributed by atoms with Crippen LogP contribution in [-0.2, 0) is 13.0 Å². The fourth-order valence-corrected chi connectivity index (χ4v) is 1.84. The maximum Gasteiger partial charge on any atom is 0.252 e. The molecule has 0 saturated heterocycles. The van der Waals surface area contributed by atoms with Crippen LogP contribution in [0, 0.1) is 6.92 Å². The molecule has 2 rings (SSSR count). The Hall–Kier alpha value is -1.09. The van der Waals surface area contributed by atoms with E-state index in [-0.39, 0.29) is 5.56 Å². The van der Waals surface area contributed by atoms with Gasteiger partial charge in [0.05, 0.1) is 0 Å². The average molecular weight is 178 g/mol. The van der Waals surface area contributed by atoms with E-state index in [0.29, 0.717) is 0 Å². The summed E-state index contributed by atoms with van der Waals surface area (Å²) < 4.78 is 0. The van der Waals surface area contributed by atoms with Gasteiger partial charge >= 0.3 is 0 Å². The SMILES string of the molecule is Cc1cc2c(c(=O)[nH]1)CN(C)CC2. The summed E-state index contributed by atoms with van der Waals surface area (Å²) in [6, 6.07) is 2.09. The molecule has 0 atom stereocenters. The molecule has 0 aliphatic carbocycles. The molecule has 0 amide bonds. The molecule has 1 aromatic heterocycles. The van der Waals surface area contributed by atoms with Crippen LogP contribution in [-0.4, -0.2) is 23.5 Å². The van der Waals surface area contributed by atoms with Crippen LogP contribution in [0.1, 0.15) is 16.8 Å². The molecule has 1 aliphatic heterocycles. The third kappa shape index (κ3) is 1.52. The van der Waals surface area contributed by atoms with E-state index >= 15 is 0 Å². The van der Waals surface area contributed by atoms with Crippen LogP contribution in [0.2, 0.25) is 0 Å². The number of aryl methyl sites for hydroxylation is 1. The standard InChI is InChI=1S/C10H14N2O/c1-7-5-8-3-4-12(2)6-9(8)10(13)11-7/h5H,3-4,6H2,1-2H3,(H,11,13). The smallest absolute Gasteiger partial charge is 0.252 e. The van der Waals surface area contributed by atoms with Gasteiger partial charge < -0.3 is 9.88 Å². The van der Waals surface area contributed by atoms with Crippen LogP contribution in [0.4, 0.5) is 0 Å². The molecule has 0 fully saturated rings. The van der Waals surface area contributed by atoms with E-state index in [1.54, 1.807) is 0 Å². The van der Waals surface area contributed by atoms with Crippen LogP contribution >= 0.6 is 0 Å². The molecule has 0 bridgehead atoms. The normalized spacial score (nSPS) is 17.1. The molecule has 0 aromatic carbocycles. The molecule has 70 valence electrons. The molecule has 1 aromatic rings. The summed E-state index contributed by atoms with van der Waals surface area (Å²) >= 11 is 0. The Morgan fingerprint density at radius 2 is 2.31 bits per heavy atom. The van der Waals surface area contributed by atoms with Crippen molar-refractivity contribution in [2.45, 2.75) is 19.9 Å². The average Bonchev–Trinajstić information content (AvgIpc) is 2.06. The molecule has 13 heavy (non-hydrogen) atoms. The minimum atomic E-state index is 0.0848. The quantitative estimate of drug-likeness (QED) is 0.634. The summed E-state index contributed by atoms with van der Waals surface area (Å²) in [5.74, 6) is 0. The number of hydrogen-bond acceptors (Lipinski definition) is 2. The third-order valence-corrected chi connectivity index (χ3v) is 2.55. The van der Waals surface area contributed by atoms with Gasteiger partial charge in [-0.3, -0.25) is 4.79 Å². The van der Waals surface area contributed by atoms with Gasteiger partial charge in [-0.15, -0.1) is 0 Å². The van der Waals surface area contributed by atoms with Crippen molar-refractivity contribution in [3.63, 3.8) is 0 Å². The van der Waals surface area contributed by atoms with Gasteiger partial charge in [0.15, 0.2) is 0 Å². The van der Waals surface area contributed by atoms with Crippen molar-refractivity contribution >= 4 is 0 Å². The fraction of sp³-hybridized carbons (Fsp3) is 0.500. The van der Waals surface area contributed by atoms with Crippen LogP contribution in [0.15, 0.2) is 10.9 Å². The Kier molecular flexibility index (Phi) is 1.96. The zero-order chi connectivity index (χ0) is 9.42. The van der Waals surface area contributed by atoms with Gasteiger partial charge in [-0.1, -0.05) is 0 Å². The molecule has 0 spiro atoms. The van der Waals surface area contributed by atoms with Gasteiger partial charge in [0.25, 0.3) is 5.56 Å². The highest BCUT2D eigenvalue weighted by molar-refractivity contribution is 5.28. The highest BCUT2D eigenvalue weighted by Crippen LogP contribution is 2.13. The number of likely N-dealkylation sites (N-methyl/N-ethyl adjacent to an activating group) is 1. The van der Waals surface area contributed by atoms with Crippen molar-refractivity contribution in [3.8, 4) is 0 Å². The first kappa shape index (κ1) is 8.51. The highest BCUT2D eigenvalue weighted by Gasteiger charge is 2.15. The molecular formula is C10H14N2O. The zero-order valence-corrected chi connectivity index (χ0v) is 8.05. The van der Waals surface area contributed by atoms with Gasteiger partial charge in [0.1, 0.15) is 0 Å².